The molecule has 5 heteroatoms. The number of anilines is 1. The number of carbonyl (C=O) groups is 2. The van der Waals surface area contributed by atoms with Gasteiger partial charge >= 0.3 is 0 Å². The van der Waals surface area contributed by atoms with Gasteiger partial charge in [0.1, 0.15) is 11.2 Å². The normalized spacial score (nSPS) is 15.4. The molecule has 0 bridgehead atoms. The van der Waals surface area contributed by atoms with Crippen molar-refractivity contribution in [2.75, 3.05) is 10.7 Å². The lowest BCUT2D eigenvalue weighted by Gasteiger charge is -2.26. The average molecular weight is 436 g/mol. The molecule has 1 fully saturated rings. The van der Waals surface area contributed by atoms with Gasteiger partial charge in [0, 0.05) is 11.3 Å². The number of benzene rings is 3. The molecule has 1 aliphatic heterocycles. The Balaban J connectivity index is 0.000000287. The Morgan fingerprint density at radius 2 is 1.74 bits per heavy atom. The number of hydrogen-bond acceptors (Lipinski definition) is 3. The molecule has 0 spiro atoms. The molecule has 3 aromatic carbocycles. The summed E-state index contributed by atoms with van der Waals surface area (Å²) in [6.07, 6.45) is 1.14. The molecule has 31 heavy (non-hydrogen) atoms. The van der Waals surface area contributed by atoms with Gasteiger partial charge < -0.3 is 0 Å². The zero-order valence-corrected chi connectivity index (χ0v) is 18.8. The highest BCUT2D eigenvalue weighted by molar-refractivity contribution is 8.00. The lowest BCUT2D eigenvalue weighted by atomic mass is 10.1. The maximum absolute atomic E-state index is 13.1. The van der Waals surface area contributed by atoms with Crippen LogP contribution in [-0.2, 0) is 11.2 Å². The Kier molecular flexibility index (Phi) is 7.64. The van der Waals surface area contributed by atoms with E-state index in [0.29, 0.717) is 11.3 Å². The Hall–Kier alpha value is -2.92. The van der Waals surface area contributed by atoms with Gasteiger partial charge in [-0.15, -0.1) is 11.8 Å². The minimum Gasteiger partial charge on any atom is -0.295 e. The van der Waals surface area contributed by atoms with Crippen LogP contribution in [0.25, 0.3) is 0 Å². The summed E-state index contributed by atoms with van der Waals surface area (Å²) in [6.45, 7) is 5.57. The van der Waals surface area contributed by atoms with Crippen LogP contribution in [-0.4, -0.2) is 17.4 Å². The molecule has 0 N–H and O–H groups in total. The summed E-state index contributed by atoms with van der Waals surface area (Å²) in [7, 11) is 0. The van der Waals surface area contributed by atoms with Gasteiger partial charge in [0.05, 0.1) is 5.75 Å². The third-order valence-corrected chi connectivity index (χ3v) is 6.35. The predicted octanol–water partition coefficient (Wildman–Crippen LogP) is 6.36. The minimum atomic E-state index is -0.295. The highest BCUT2D eigenvalue weighted by Gasteiger charge is 2.34. The van der Waals surface area contributed by atoms with E-state index in [4.69, 9.17) is 0 Å². The summed E-state index contributed by atoms with van der Waals surface area (Å²) >= 11 is 1.52. The van der Waals surface area contributed by atoms with Crippen molar-refractivity contribution in [1.29, 1.82) is 0 Å². The van der Waals surface area contributed by atoms with Gasteiger partial charge in [-0.25, -0.2) is 4.39 Å². The van der Waals surface area contributed by atoms with E-state index in [9.17, 15) is 14.0 Å². The zero-order chi connectivity index (χ0) is 22.4. The van der Waals surface area contributed by atoms with Crippen LogP contribution >= 0.6 is 11.8 Å². The highest BCUT2D eigenvalue weighted by Crippen LogP contribution is 2.42. The number of rotatable bonds is 4. The lowest BCUT2D eigenvalue weighted by molar-refractivity contribution is -0.115. The quantitative estimate of drug-likeness (QED) is 0.447. The first kappa shape index (κ1) is 22.8. The third-order valence-electron chi connectivity index (χ3n) is 5.14. The molecule has 1 aliphatic rings. The molecule has 1 amide bonds. The minimum absolute atomic E-state index is 0.00291. The van der Waals surface area contributed by atoms with E-state index in [-0.39, 0.29) is 22.9 Å². The van der Waals surface area contributed by atoms with Crippen LogP contribution in [0.15, 0.2) is 72.8 Å². The van der Waals surface area contributed by atoms with Gasteiger partial charge in [0.25, 0.3) is 0 Å². The highest BCUT2D eigenvalue weighted by atomic mass is 32.2. The predicted molar refractivity (Wildman–Crippen MR) is 126 cm³/mol. The summed E-state index contributed by atoms with van der Waals surface area (Å²) in [5, 5.41) is -0.176. The number of carbonyl (C=O) groups excluding carboxylic acids is 2. The summed E-state index contributed by atoms with van der Waals surface area (Å²) < 4.78 is 13.1. The summed E-state index contributed by atoms with van der Waals surface area (Å²) in [6, 6.07) is 22.0. The number of amides is 1. The van der Waals surface area contributed by atoms with Crippen LogP contribution in [0, 0.1) is 12.7 Å². The molecule has 0 aromatic heterocycles. The largest absolute Gasteiger partial charge is 0.295 e. The monoisotopic (exact) mass is 435 g/mol. The SMILES string of the molecule is CC(=O)c1ccc(N2C(=O)CSC2c2ccc(F)cc2)c(C)c1.CCc1ccccc1. The molecule has 1 heterocycles. The van der Waals surface area contributed by atoms with Gasteiger partial charge in [-0.05, 0) is 67.3 Å². The van der Waals surface area contributed by atoms with E-state index in [2.05, 4.69) is 31.2 Å². The maximum Gasteiger partial charge on any atom is 0.238 e. The zero-order valence-electron chi connectivity index (χ0n) is 18.0. The fourth-order valence-corrected chi connectivity index (χ4v) is 4.59. The third kappa shape index (κ3) is 5.61. The summed E-state index contributed by atoms with van der Waals surface area (Å²) in [5.74, 6) is 0.104. The number of hydrogen-bond donors (Lipinski definition) is 0. The fourth-order valence-electron chi connectivity index (χ4n) is 3.42. The molecule has 3 nitrogen and oxygen atoms in total. The van der Waals surface area contributed by atoms with Crippen molar-refractivity contribution in [2.45, 2.75) is 32.6 Å². The first-order valence-electron chi connectivity index (χ1n) is 10.2. The first-order valence-corrected chi connectivity index (χ1v) is 11.3. The number of ketones is 1. The molecule has 1 unspecified atom stereocenters. The Morgan fingerprint density at radius 1 is 1.06 bits per heavy atom. The number of thioether (sulfide) groups is 1. The first-order chi connectivity index (χ1) is 14.9. The van der Waals surface area contributed by atoms with Gasteiger partial charge in [0.15, 0.2) is 5.78 Å². The van der Waals surface area contributed by atoms with Gasteiger partial charge in [-0.3, -0.25) is 14.5 Å². The van der Waals surface area contributed by atoms with Crippen molar-refractivity contribution >= 4 is 29.1 Å². The van der Waals surface area contributed by atoms with E-state index >= 15 is 0 Å². The number of aryl methyl sites for hydroxylation is 2. The van der Waals surface area contributed by atoms with Crippen molar-refractivity contribution in [2.24, 2.45) is 0 Å². The Labute approximate surface area is 187 Å². The van der Waals surface area contributed by atoms with Crippen LogP contribution in [0.1, 0.15) is 46.3 Å². The number of nitrogens with zero attached hydrogens (tertiary/aromatic N) is 1. The van der Waals surface area contributed by atoms with E-state index in [1.54, 1.807) is 29.2 Å². The smallest absolute Gasteiger partial charge is 0.238 e. The Bertz CT molecular complexity index is 1050. The van der Waals surface area contributed by atoms with Crippen LogP contribution < -0.4 is 4.90 Å². The summed E-state index contributed by atoms with van der Waals surface area (Å²) in [5.41, 5.74) is 4.59. The molecule has 0 radical (unpaired) electrons. The molecular weight excluding hydrogens is 409 g/mol. The van der Waals surface area contributed by atoms with Gasteiger partial charge in [-0.1, -0.05) is 49.4 Å². The molecule has 0 saturated carbocycles. The van der Waals surface area contributed by atoms with Crippen LogP contribution in [0.5, 0.6) is 0 Å². The summed E-state index contributed by atoms with van der Waals surface area (Å²) in [4.78, 5) is 25.6. The molecular formula is C26H26FNO2S. The Morgan fingerprint density at radius 3 is 2.29 bits per heavy atom. The second-order valence-electron chi connectivity index (χ2n) is 7.38. The van der Waals surface area contributed by atoms with Crippen LogP contribution in [0.3, 0.4) is 0 Å². The van der Waals surface area contributed by atoms with Gasteiger partial charge in [-0.2, -0.15) is 0 Å². The van der Waals surface area contributed by atoms with Crippen molar-refractivity contribution in [3.8, 4) is 0 Å². The number of halogens is 1. The number of Topliss-reactive ketones (excluding diaryl/α,β-unsaturated/α-hetero) is 1. The van der Waals surface area contributed by atoms with E-state index in [0.717, 1.165) is 23.2 Å². The van der Waals surface area contributed by atoms with Crippen LogP contribution in [0.4, 0.5) is 10.1 Å². The van der Waals surface area contributed by atoms with Crippen molar-refractivity contribution in [3.05, 3.63) is 101 Å². The van der Waals surface area contributed by atoms with Crippen molar-refractivity contribution < 1.29 is 14.0 Å². The van der Waals surface area contributed by atoms with Crippen molar-refractivity contribution in [3.63, 3.8) is 0 Å². The molecule has 160 valence electrons. The molecule has 0 aliphatic carbocycles. The standard InChI is InChI=1S/C18H16FNO2S.C8H10/c1-11-9-14(12(2)21)5-8-16(11)20-17(22)10-23-18(20)13-3-6-15(19)7-4-13;1-2-8-6-4-3-5-7-8/h3-9,18H,10H2,1-2H3;3-7H,2H2,1H3. The molecule has 4 rings (SSSR count). The second-order valence-corrected chi connectivity index (χ2v) is 8.44. The van der Waals surface area contributed by atoms with Crippen LogP contribution in [0.2, 0.25) is 0 Å². The van der Waals surface area contributed by atoms with E-state index in [1.165, 1.54) is 36.4 Å². The van der Waals surface area contributed by atoms with Gasteiger partial charge in [0.2, 0.25) is 5.91 Å². The maximum atomic E-state index is 13.1. The lowest BCUT2D eigenvalue weighted by Crippen LogP contribution is -2.28. The van der Waals surface area contributed by atoms with E-state index in [1.807, 2.05) is 19.1 Å². The molecule has 1 saturated heterocycles. The topological polar surface area (TPSA) is 37.4 Å². The van der Waals surface area contributed by atoms with E-state index < -0.39 is 0 Å². The fraction of sp³-hybridized carbons (Fsp3) is 0.231. The molecule has 3 aromatic rings. The average Bonchev–Trinajstić information content (AvgIpc) is 3.16. The van der Waals surface area contributed by atoms with Crippen molar-refractivity contribution in [1.82, 2.24) is 0 Å². The molecule has 1 atom stereocenters. The second kappa shape index (κ2) is 10.4.